The number of hydrogen-bond acceptors (Lipinski definition) is 3. The summed E-state index contributed by atoms with van der Waals surface area (Å²) >= 11 is 0. The molecule has 22 heavy (non-hydrogen) atoms. The molecule has 1 aliphatic rings. The van der Waals surface area contributed by atoms with Crippen molar-refractivity contribution in [3.63, 3.8) is 0 Å². The van der Waals surface area contributed by atoms with E-state index in [1.807, 2.05) is 25.1 Å². The molecule has 0 atom stereocenters. The third-order valence-corrected chi connectivity index (χ3v) is 4.35. The van der Waals surface area contributed by atoms with Crippen molar-refractivity contribution in [1.29, 1.82) is 0 Å². The van der Waals surface area contributed by atoms with Crippen LogP contribution < -0.4 is 0 Å². The number of piperidine rings is 1. The van der Waals surface area contributed by atoms with E-state index in [0.717, 1.165) is 22.1 Å². The van der Waals surface area contributed by atoms with Gasteiger partial charge in [-0.05, 0) is 31.4 Å². The van der Waals surface area contributed by atoms with E-state index in [4.69, 9.17) is 9.52 Å². The van der Waals surface area contributed by atoms with Crippen LogP contribution in [0.3, 0.4) is 0 Å². The Balaban J connectivity index is 1.68. The first kappa shape index (κ1) is 14.6. The highest BCUT2D eigenvalue weighted by Gasteiger charge is 2.27. The molecule has 1 fully saturated rings. The Bertz CT molecular complexity index is 711. The Labute approximate surface area is 128 Å². The summed E-state index contributed by atoms with van der Waals surface area (Å²) in [7, 11) is 0. The molecule has 0 saturated carbocycles. The predicted octanol–water partition coefficient (Wildman–Crippen LogP) is 2.61. The van der Waals surface area contributed by atoms with Gasteiger partial charge in [0.1, 0.15) is 5.58 Å². The first-order chi connectivity index (χ1) is 10.5. The lowest BCUT2D eigenvalue weighted by atomic mass is 9.96. The van der Waals surface area contributed by atoms with Gasteiger partial charge in [0.15, 0.2) is 0 Å². The highest BCUT2D eigenvalue weighted by molar-refractivity contribution is 5.88. The predicted molar refractivity (Wildman–Crippen MR) is 81.6 cm³/mol. The number of furan rings is 1. The topological polar surface area (TPSA) is 70.8 Å². The lowest BCUT2D eigenvalue weighted by Crippen LogP contribution is -2.40. The fourth-order valence-corrected chi connectivity index (χ4v) is 2.98. The maximum absolute atomic E-state index is 12.4. The van der Waals surface area contributed by atoms with Crippen molar-refractivity contribution in [2.75, 3.05) is 13.1 Å². The van der Waals surface area contributed by atoms with Crippen LogP contribution in [0.15, 0.2) is 28.9 Å². The number of likely N-dealkylation sites (tertiary alicyclic amines) is 1. The van der Waals surface area contributed by atoms with Crippen LogP contribution in [0.5, 0.6) is 0 Å². The molecule has 116 valence electrons. The van der Waals surface area contributed by atoms with Crippen molar-refractivity contribution >= 4 is 22.8 Å². The van der Waals surface area contributed by atoms with Crippen LogP contribution in [-0.4, -0.2) is 35.0 Å². The molecule has 1 N–H and O–H groups in total. The molecule has 0 radical (unpaired) electrons. The van der Waals surface area contributed by atoms with Crippen LogP contribution in [0, 0.1) is 12.8 Å². The number of fused-ring (bicyclic) bond motifs is 1. The van der Waals surface area contributed by atoms with Crippen LogP contribution in [0.2, 0.25) is 0 Å². The molecule has 0 aliphatic carbocycles. The van der Waals surface area contributed by atoms with Gasteiger partial charge in [-0.2, -0.15) is 0 Å². The van der Waals surface area contributed by atoms with Gasteiger partial charge in [-0.25, -0.2) is 0 Å². The minimum atomic E-state index is -0.761. The van der Waals surface area contributed by atoms with Crippen molar-refractivity contribution in [1.82, 2.24) is 4.90 Å². The molecule has 5 heteroatoms. The zero-order valence-electron chi connectivity index (χ0n) is 12.5. The molecule has 3 rings (SSSR count). The Morgan fingerprint density at radius 2 is 2.05 bits per heavy atom. The normalized spacial score (nSPS) is 16.1. The summed E-state index contributed by atoms with van der Waals surface area (Å²) in [6.07, 6.45) is 3.01. The smallest absolute Gasteiger partial charge is 0.306 e. The van der Waals surface area contributed by atoms with Gasteiger partial charge in [0, 0.05) is 24.0 Å². The lowest BCUT2D eigenvalue weighted by molar-refractivity contribution is -0.145. The number of carboxylic acids is 1. The van der Waals surface area contributed by atoms with E-state index in [-0.39, 0.29) is 11.8 Å². The Kier molecular flexibility index (Phi) is 3.88. The van der Waals surface area contributed by atoms with E-state index in [2.05, 4.69) is 0 Å². The van der Waals surface area contributed by atoms with Crippen LogP contribution in [-0.2, 0) is 16.0 Å². The third kappa shape index (κ3) is 2.84. The van der Waals surface area contributed by atoms with Gasteiger partial charge < -0.3 is 14.4 Å². The second-order valence-corrected chi connectivity index (χ2v) is 5.93. The lowest BCUT2D eigenvalue weighted by Gasteiger charge is -2.30. The summed E-state index contributed by atoms with van der Waals surface area (Å²) in [5.41, 5.74) is 2.81. The number of aryl methyl sites for hydroxylation is 1. The fraction of sp³-hybridized carbons (Fsp3) is 0.412. The molecule has 2 heterocycles. The van der Waals surface area contributed by atoms with Crippen molar-refractivity contribution in [2.45, 2.75) is 26.2 Å². The van der Waals surface area contributed by atoms with E-state index in [9.17, 15) is 9.59 Å². The summed E-state index contributed by atoms with van der Waals surface area (Å²) in [6.45, 7) is 3.04. The summed E-state index contributed by atoms with van der Waals surface area (Å²) in [6, 6.07) is 5.94. The SMILES string of the molecule is Cc1ccc2c(CC(=O)N3CCC(C(=O)O)CC3)coc2c1. The van der Waals surface area contributed by atoms with Gasteiger partial charge in [-0.15, -0.1) is 0 Å². The number of carbonyl (C=O) groups is 2. The zero-order chi connectivity index (χ0) is 15.7. The molecule has 1 aliphatic heterocycles. The number of aliphatic carboxylic acids is 1. The van der Waals surface area contributed by atoms with Crippen LogP contribution in [0.25, 0.3) is 11.0 Å². The van der Waals surface area contributed by atoms with Gasteiger partial charge in [-0.3, -0.25) is 9.59 Å². The number of carbonyl (C=O) groups excluding carboxylic acids is 1. The second kappa shape index (κ2) is 5.83. The fourth-order valence-electron chi connectivity index (χ4n) is 2.98. The van der Waals surface area contributed by atoms with Crippen LogP contribution in [0.1, 0.15) is 24.0 Å². The number of hydrogen-bond donors (Lipinski definition) is 1. The number of amides is 1. The van der Waals surface area contributed by atoms with Gasteiger partial charge in [0.25, 0.3) is 0 Å². The molecule has 2 aromatic rings. The average Bonchev–Trinajstić information content (AvgIpc) is 2.89. The molecule has 0 spiro atoms. The molecular weight excluding hydrogens is 282 g/mol. The summed E-state index contributed by atoms with van der Waals surface area (Å²) in [4.78, 5) is 25.1. The van der Waals surface area contributed by atoms with Crippen molar-refractivity contribution in [3.05, 3.63) is 35.6 Å². The molecule has 0 unspecified atom stereocenters. The molecule has 5 nitrogen and oxygen atoms in total. The van der Waals surface area contributed by atoms with Gasteiger partial charge in [0.05, 0.1) is 18.6 Å². The third-order valence-electron chi connectivity index (χ3n) is 4.35. The van der Waals surface area contributed by atoms with E-state index >= 15 is 0 Å². The highest BCUT2D eigenvalue weighted by Crippen LogP contribution is 2.24. The molecule has 1 saturated heterocycles. The van der Waals surface area contributed by atoms with E-state index in [0.29, 0.717) is 32.4 Å². The first-order valence-corrected chi connectivity index (χ1v) is 7.52. The van der Waals surface area contributed by atoms with E-state index in [1.165, 1.54) is 0 Å². The molecule has 1 amide bonds. The Morgan fingerprint density at radius 3 is 2.73 bits per heavy atom. The largest absolute Gasteiger partial charge is 0.481 e. The van der Waals surface area contributed by atoms with E-state index in [1.54, 1.807) is 11.2 Å². The quantitative estimate of drug-likeness (QED) is 0.946. The monoisotopic (exact) mass is 301 g/mol. The molecule has 1 aromatic carbocycles. The summed E-state index contributed by atoms with van der Waals surface area (Å²) in [5.74, 6) is -1.04. The Hall–Kier alpha value is -2.30. The number of carboxylic acid groups (broad SMARTS) is 1. The highest BCUT2D eigenvalue weighted by atomic mass is 16.4. The van der Waals surface area contributed by atoms with Crippen LogP contribution >= 0.6 is 0 Å². The standard InChI is InChI=1S/C17H19NO4/c1-11-2-3-14-13(10-22-15(14)8-11)9-16(19)18-6-4-12(5-7-18)17(20)21/h2-3,8,10,12H,4-7,9H2,1H3,(H,20,21). The van der Waals surface area contributed by atoms with Gasteiger partial charge in [0.2, 0.25) is 5.91 Å². The first-order valence-electron chi connectivity index (χ1n) is 7.52. The maximum atomic E-state index is 12.4. The molecule has 1 aromatic heterocycles. The van der Waals surface area contributed by atoms with Crippen molar-refractivity contribution < 1.29 is 19.1 Å². The van der Waals surface area contributed by atoms with Crippen molar-refractivity contribution in [2.24, 2.45) is 5.92 Å². The molecule has 0 bridgehead atoms. The Morgan fingerprint density at radius 1 is 1.32 bits per heavy atom. The maximum Gasteiger partial charge on any atom is 0.306 e. The minimum absolute atomic E-state index is 0.0344. The van der Waals surface area contributed by atoms with E-state index < -0.39 is 5.97 Å². The van der Waals surface area contributed by atoms with Gasteiger partial charge in [-0.1, -0.05) is 12.1 Å². The average molecular weight is 301 g/mol. The minimum Gasteiger partial charge on any atom is -0.481 e. The number of nitrogens with zero attached hydrogens (tertiary/aromatic N) is 1. The number of benzene rings is 1. The van der Waals surface area contributed by atoms with Crippen molar-refractivity contribution in [3.8, 4) is 0 Å². The zero-order valence-corrected chi connectivity index (χ0v) is 12.5. The summed E-state index contributed by atoms with van der Waals surface area (Å²) in [5, 5.41) is 9.97. The summed E-state index contributed by atoms with van der Waals surface area (Å²) < 4.78 is 5.52. The molecular formula is C17H19NO4. The number of rotatable bonds is 3. The second-order valence-electron chi connectivity index (χ2n) is 5.93. The van der Waals surface area contributed by atoms with Crippen LogP contribution in [0.4, 0.5) is 0 Å². The van der Waals surface area contributed by atoms with Gasteiger partial charge >= 0.3 is 5.97 Å².